The first kappa shape index (κ1) is 24.1. The van der Waals surface area contributed by atoms with Crippen molar-refractivity contribution in [2.24, 2.45) is 17.2 Å². The molecular weight excluding hydrogens is 389 g/mol. The van der Waals surface area contributed by atoms with Gasteiger partial charge >= 0.3 is 0 Å². The minimum absolute atomic E-state index is 0.00353. The van der Waals surface area contributed by atoms with Crippen LogP contribution in [0, 0.1) is 5.82 Å². The summed E-state index contributed by atoms with van der Waals surface area (Å²) in [6.07, 6.45) is -3.18. The molecule has 0 bridgehead atoms. The van der Waals surface area contributed by atoms with Gasteiger partial charge in [-0.15, -0.1) is 0 Å². The molecule has 0 radical (unpaired) electrons. The van der Waals surface area contributed by atoms with Gasteiger partial charge in [0, 0.05) is 16.9 Å². The SMILES string of the molecule is C=C(N)COC[C@](N)(c1cc(NC(=O)/C(N)=C(\C)OC(=C)C)ccc1F)C(F)F. The van der Waals surface area contributed by atoms with Gasteiger partial charge in [-0.2, -0.15) is 0 Å². The number of carbonyl (C=O) groups excluding carboxylic acids is 1. The third kappa shape index (κ3) is 6.54. The quantitative estimate of drug-likeness (QED) is 0.344. The fraction of sp³-hybridized carbons (Fsp3) is 0.316. The second kappa shape index (κ2) is 9.99. The number of hydrogen-bond acceptors (Lipinski definition) is 6. The van der Waals surface area contributed by atoms with E-state index in [2.05, 4.69) is 18.5 Å². The summed E-state index contributed by atoms with van der Waals surface area (Å²) in [4.78, 5) is 12.2. The molecule has 7 N–H and O–H groups in total. The number of alkyl halides is 2. The zero-order valence-corrected chi connectivity index (χ0v) is 16.2. The Morgan fingerprint density at radius 1 is 1.28 bits per heavy atom. The molecule has 1 aromatic carbocycles. The van der Waals surface area contributed by atoms with Crippen molar-refractivity contribution in [2.75, 3.05) is 18.5 Å². The molecule has 1 amide bonds. The molecule has 0 saturated heterocycles. The number of amides is 1. The second-order valence-corrected chi connectivity index (χ2v) is 6.41. The summed E-state index contributed by atoms with van der Waals surface area (Å²) in [6, 6.07) is 3.06. The first-order chi connectivity index (χ1) is 13.4. The second-order valence-electron chi connectivity index (χ2n) is 6.41. The van der Waals surface area contributed by atoms with E-state index in [0.29, 0.717) is 5.76 Å². The Labute approximate surface area is 167 Å². The van der Waals surface area contributed by atoms with Crippen LogP contribution in [0.25, 0.3) is 0 Å². The molecule has 1 rings (SSSR count). The van der Waals surface area contributed by atoms with Crippen LogP contribution in [0.5, 0.6) is 0 Å². The fourth-order valence-corrected chi connectivity index (χ4v) is 2.24. The van der Waals surface area contributed by atoms with Crippen molar-refractivity contribution in [1.82, 2.24) is 0 Å². The highest BCUT2D eigenvalue weighted by Crippen LogP contribution is 2.31. The largest absolute Gasteiger partial charge is 0.465 e. The van der Waals surface area contributed by atoms with Gasteiger partial charge in [-0.1, -0.05) is 13.2 Å². The number of nitrogens with two attached hydrogens (primary N) is 3. The van der Waals surface area contributed by atoms with Crippen molar-refractivity contribution in [1.29, 1.82) is 0 Å². The van der Waals surface area contributed by atoms with E-state index in [9.17, 15) is 18.0 Å². The van der Waals surface area contributed by atoms with E-state index >= 15 is 0 Å². The standard InChI is InChI=1S/C19H25F3N4O3/c1-10(2)29-12(4)16(24)17(27)26-13-5-6-15(20)14(7-13)19(25,18(21)22)9-28-8-11(3)23/h5-7,18H,1,3,8-9,23-25H2,2,4H3,(H,26,27)/b16-12-/t19-/m0/s1. The molecule has 0 spiro atoms. The molecule has 0 saturated carbocycles. The van der Waals surface area contributed by atoms with E-state index in [1.165, 1.54) is 13.0 Å². The lowest BCUT2D eigenvalue weighted by molar-refractivity contribution is -0.113. The van der Waals surface area contributed by atoms with Crippen LogP contribution in [0.1, 0.15) is 19.4 Å². The van der Waals surface area contributed by atoms with Crippen molar-refractivity contribution in [3.63, 3.8) is 0 Å². The normalized spacial score (nSPS) is 14.0. The minimum atomic E-state index is -3.18. The third-order valence-electron chi connectivity index (χ3n) is 3.69. The van der Waals surface area contributed by atoms with Crippen LogP contribution in [0.3, 0.4) is 0 Å². The summed E-state index contributed by atoms with van der Waals surface area (Å²) in [5.74, 6) is -1.37. The molecule has 1 aromatic rings. The van der Waals surface area contributed by atoms with Gasteiger partial charge in [0.25, 0.3) is 12.3 Å². The lowest BCUT2D eigenvalue weighted by atomic mass is 9.91. The first-order valence-corrected chi connectivity index (χ1v) is 8.37. The molecule has 0 aliphatic carbocycles. The lowest BCUT2D eigenvalue weighted by Gasteiger charge is -2.29. The minimum Gasteiger partial charge on any atom is -0.465 e. The molecule has 0 unspecified atom stereocenters. The highest BCUT2D eigenvalue weighted by atomic mass is 19.3. The number of allylic oxidation sites excluding steroid dienone is 2. The van der Waals surface area contributed by atoms with E-state index in [4.69, 9.17) is 26.7 Å². The van der Waals surface area contributed by atoms with Crippen LogP contribution in [-0.2, 0) is 19.8 Å². The van der Waals surface area contributed by atoms with Crippen molar-refractivity contribution >= 4 is 11.6 Å². The average Bonchev–Trinajstić information content (AvgIpc) is 2.61. The van der Waals surface area contributed by atoms with Gasteiger partial charge in [0.15, 0.2) is 0 Å². The van der Waals surface area contributed by atoms with Crippen LogP contribution in [0.2, 0.25) is 0 Å². The molecule has 1 atom stereocenters. The van der Waals surface area contributed by atoms with Gasteiger partial charge in [0.05, 0.1) is 19.0 Å². The Balaban J connectivity index is 3.16. The van der Waals surface area contributed by atoms with E-state index < -0.39 is 35.9 Å². The highest BCUT2D eigenvalue weighted by molar-refractivity contribution is 6.03. The van der Waals surface area contributed by atoms with E-state index in [1.807, 2.05) is 0 Å². The number of anilines is 1. The maximum absolute atomic E-state index is 14.3. The molecule has 0 aliphatic rings. The summed E-state index contributed by atoms with van der Waals surface area (Å²) in [5.41, 5.74) is 13.6. The number of rotatable bonds is 10. The summed E-state index contributed by atoms with van der Waals surface area (Å²) in [7, 11) is 0. The maximum Gasteiger partial charge on any atom is 0.275 e. The molecule has 0 fully saturated rings. The zero-order valence-electron chi connectivity index (χ0n) is 16.2. The molecular formula is C19H25F3N4O3. The maximum atomic E-state index is 14.3. The van der Waals surface area contributed by atoms with Crippen molar-refractivity contribution < 1.29 is 27.4 Å². The Morgan fingerprint density at radius 2 is 1.90 bits per heavy atom. The van der Waals surface area contributed by atoms with Crippen LogP contribution in [0.15, 0.2) is 54.3 Å². The first-order valence-electron chi connectivity index (χ1n) is 8.37. The number of hydrogen-bond donors (Lipinski definition) is 4. The summed E-state index contributed by atoms with van der Waals surface area (Å²) in [5, 5.41) is 2.38. The Kier molecular flexibility index (Phi) is 8.28. The Hall–Kier alpha value is -2.98. The van der Waals surface area contributed by atoms with Gasteiger partial charge in [-0.3, -0.25) is 4.79 Å². The molecule has 160 valence electrons. The van der Waals surface area contributed by atoms with E-state index in [0.717, 1.165) is 12.1 Å². The molecule has 10 heteroatoms. The van der Waals surface area contributed by atoms with Crippen molar-refractivity contribution in [3.8, 4) is 0 Å². The van der Waals surface area contributed by atoms with Crippen LogP contribution < -0.4 is 22.5 Å². The van der Waals surface area contributed by atoms with Crippen LogP contribution >= 0.6 is 0 Å². The van der Waals surface area contributed by atoms with E-state index in [1.54, 1.807) is 6.92 Å². The van der Waals surface area contributed by atoms with Crippen molar-refractivity contribution in [3.05, 3.63) is 65.7 Å². The van der Waals surface area contributed by atoms with Gasteiger partial charge in [-0.05, 0) is 32.0 Å². The Morgan fingerprint density at radius 3 is 2.41 bits per heavy atom. The molecule has 29 heavy (non-hydrogen) atoms. The topological polar surface area (TPSA) is 126 Å². The molecule has 7 nitrogen and oxygen atoms in total. The van der Waals surface area contributed by atoms with E-state index in [-0.39, 0.29) is 29.4 Å². The third-order valence-corrected chi connectivity index (χ3v) is 3.69. The summed E-state index contributed by atoms with van der Waals surface area (Å²) in [6.45, 7) is 8.95. The number of nitrogens with one attached hydrogen (secondary N) is 1. The summed E-state index contributed by atoms with van der Waals surface area (Å²) >= 11 is 0. The van der Waals surface area contributed by atoms with Gasteiger partial charge in [0.2, 0.25) is 0 Å². The molecule has 0 aliphatic heterocycles. The Bertz CT molecular complexity index is 827. The van der Waals surface area contributed by atoms with Gasteiger partial charge < -0.3 is 32.0 Å². The monoisotopic (exact) mass is 414 g/mol. The number of ether oxygens (including phenoxy) is 2. The predicted molar refractivity (Wildman–Crippen MR) is 104 cm³/mol. The number of halogens is 3. The number of carbonyl (C=O) groups is 1. The molecule has 0 aromatic heterocycles. The highest BCUT2D eigenvalue weighted by Gasteiger charge is 2.40. The summed E-state index contributed by atoms with van der Waals surface area (Å²) < 4.78 is 51.8. The lowest BCUT2D eigenvalue weighted by Crippen LogP contribution is -2.49. The average molecular weight is 414 g/mol. The smallest absolute Gasteiger partial charge is 0.275 e. The fourth-order valence-electron chi connectivity index (χ4n) is 2.24. The van der Waals surface area contributed by atoms with Gasteiger partial charge in [-0.25, -0.2) is 13.2 Å². The van der Waals surface area contributed by atoms with Crippen molar-refractivity contribution in [2.45, 2.75) is 25.8 Å². The zero-order chi connectivity index (χ0) is 22.4. The molecule has 0 heterocycles. The van der Waals surface area contributed by atoms with Crippen LogP contribution in [0.4, 0.5) is 18.9 Å². The number of benzene rings is 1. The van der Waals surface area contributed by atoms with Crippen LogP contribution in [-0.4, -0.2) is 25.5 Å². The predicted octanol–water partition coefficient (Wildman–Crippen LogP) is 2.41. The van der Waals surface area contributed by atoms with Gasteiger partial charge in [0.1, 0.15) is 22.8 Å².